The van der Waals surface area contributed by atoms with E-state index in [9.17, 15) is 9.59 Å². The SMILES string of the molecule is COc1ccc(OC(C)C(=O)N[C@H](CO)C(=O)O)cc1. The van der Waals surface area contributed by atoms with Crippen molar-refractivity contribution in [2.75, 3.05) is 13.7 Å². The minimum Gasteiger partial charge on any atom is -0.497 e. The van der Waals surface area contributed by atoms with Gasteiger partial charge in [-0.15, -0.1) is 0 Å². The van der Waals surface area contributed by atoms with E-state index in [1.54, 1.807) is 24.3 Å². The monoisotopic (exact) mass is 283 g/mol. The van der Waals surface area contributed by atoms with Crippen LogP contribution in [0.25, 0.3) is 0 Å². The number of carboxylic acid groups (broad SMARTS) is 1. The van der Waals surface area contributed by atoms with Crippen molar-refractivity contribution in [1.82, 2.24) is 5.32 Å². The van der Waals surface area contributed by atoms with Gasteiger partial charge in [0.2, 0.25) is 0 Å². The quantitative estimate of drug-likeness (QED) is 0.652. The number of methoxy groups -OCH3 is 1. The predicted molar refractivity (Wildman–Crippen MR) is 69.7 cm³/mol. The van der Waals surface area contributed by atoms with Crippen molar-refractivity contribution in [2.45, 2.75) is 19.1 Å². The highest BCUT2D eigenvalue weighted by molar-refractivity contribution is 5.86. The first-order valence-corrected chi connectivity index (χ1v) is 5.92. The van der Waals surface area contributed by atoms with Gasteiger partial charge < -0.3 is 25.0 Å². The second-order valence-corrected chi connectivity index (χ2v) is 4.02. The molecule has 0 bridgehead atoms. The summed E-state index contributed by atoms with van der Waals surface area (Å²) in [7, 11) is 1.53. The van der Waals surface area contributed by atoms with E-state index in [-0.39, 0.29) is 0 Å². The first kappa shape index (κ1) is 15.8. The number of aliphatic hydroxyl groups excluding tert-OH is 1. The number of amides is 1. The van der Waals surface area contributed by atoms with Gasteiger partial charge in [0.15, 0.2) is 6.10 Å². The van der Waals surface area contributed by atoms with Gasteiger partial charge in [0.1, 0.15) is 17.5 Å². The summed E-state index contributed by atoms with van der Waals surface area (Å²) in [5, 5.41) is 19.7. The topological polar surface area (TPSA) is 105 Å². The van der Waals surface area contributed by atoms with Crippen molar-refractivity contribution in [3.05, 3.63) is 24.3 Å². The smallest absolute Gasteiger partial charge is 0.328 e. The molecule has 1 amide bonds. The number of nitrogens with one attached hydrogen (secondary N) is 1. The lowest BCUT2D eigenvalue weighted by molar-refractivity contribution is -0.144. The third-order valence-corrected chi connectivity index (χ3v) is 2.54. The van der Waals surface area contributed by atoms with Crippen molar-refractivity contribution in [3.8, 4) is 11.5 Å². The average molecular weight is 283 g/mol. The fourth-order valence-electron chi connectivity index (χ4n) is 1.39. The average Bonchev–Trinajstić information content (AvgIpc) is 2.44. The summed E-state index contributed by atoms with van der Waals surface area (Å²) >= 11 is 0. The number of aliphatic hydroxyl groups is 1. The molecule has 0 heterocycles. The molecule has 7 nitrogen and oxygen atoms in total. The number of benzene rings is 1. The van der Waals surface area contributed by atoms with Gasteiger partial charge in [0.25, 0.3) is 5.91 Å². The van der Waals surface area contributed by atoms with Gasteiger partial charge in [-0.05, 0) is 31.2 Å². The number of hydrogen-bond donors (Lipinski definition) is 3. The molecule has 0 saturated heterocycles. The van der Waals surface area contributed by atoms with Crippen LogP contribution in [0.15, 0.2) is 24.3 Å². The molecule has 110 valence electrons. The summed E-state index contributed by atoms with van der Waals surface area (Å²) in [6.07, 6.45) is -0.892. The number of rotatable bonds is 7. The summed E-state index contributed by atoms with van der Waals surface area (Å²) in [5.41, 5.74) is 0. The largest absolute Gasteiger partial charge is 0.497 e. The zero-order valence-electron chi connectivity index (χ0n) is 11.2. The van der Waals surface area contributed by atoms with Crippen LogP contribution in [0.3, 0.4) is 0 Å². The second kappa shape index (κ2) is 7.34. The Morgan fingerprint density at radius 1 is 1.25 bits per heavy atom. The standard InChI is InChI=1S/C13H17NO6/c1-8(12(16)14-11(7-15)13(17)18)20-10-5-3-9(19-2)4-6-10/h3-6,8,11,15H,7H2,1-2H3,(H,14,16)(H,17,18)/t8?,11-/m1/s1. The number of carbonyl (C=O) groups excluding carboxylic acids is 1. The second-order valence-electron chi connectivity index (χ2n) is 4.02. The highest BCUT2D eigenvalue weighted by Gasteiger charge is 2.23. The number of carbonyl (C=O) groups is 2. The van der Waals surface area contributed by atoms with E-state index in [4.69, 9.17) is 19.7 Å². The van der Waals surface area contributed by atoms with Gasteiger partial charge in [-0.2, -0.15) is 0 Å². The molecular weight excluding hydrogens is 266 g/mol. The fraction of sp³-hybridized carbons (Fsp3) is 0.385. The molecule has 0 fully saturated rings. The van der Waals surface area contributed by atoms with Crippen molar-refractivity contribution in [3.63, 3.8) is 0 Å². The minimum absolute atomic E-state index is 0.448. The molecule has 1 aromatic carbocycles. The molecule has 0 radical (unpaired) electrons. The zero-order chi connectivity index (χ0) is 15.1. The van der Waals surface area contributed by atoms with Crippen molar-refractivity contribution in [2.24, 2.45) is 0 Å². The molecular formula is C13H17NO6. The molecule has 1 unspecified atom stereocenters. The lowest BCUT2D eigenvalue weighted by Crippen LogP contribution is -2.48. The molecule has 0 aliphatic rings. The van der Waals surface area contributed by atoms with Gasteiger partial charge in [-0.3, -0.25) is 4.79 Å². The first-order valence-electron chi connectivity index (χ1n) is 5.92. The molecule has 20 heavy (non-hydrogen) atoms. The Morgan fingerprint density at radius 3 is 2.25 bits per heavy atom. The van der Waals surface area contributed by atoms with Gasteiger partial charge in [0, 0.05) is 0 Å². The first-order chi connectivity index (χ1) is 9.47. The van der Waals surface area contributed by atoms with Crippen LogP contribution in [0.5, 0.6) is 11.5 Å². The molecule has 1 rings (SSSR count). The van der Waals surface area contributed by atoms with Crippen LogP contribution in [0.2, 0.25) is 0 Å². The third-order valence-electron chi connectivity index (χ3n) is 2.54. The lowest BCUT2D eigenvalue weighted by Gasteiger charge is -2.17. The summed E-state index contributed by atoms with van der Waals surface area (Å²) in [6, 6.07) is 5.26. The number of hydrogen-bond acceptors (Lipinski definition) is 5. The molecule has 0 spiro atoms. The Balaban J connectivity index is 2.58. The van der Waals surface area contributed by atoms with Gasteiger partial charge in [-0.25, -0.2) is 4.79 Å². The van der Waals surface area contributed by atoms with Crippen molar-refractivity contribution >= 4 is 11.9 Å². The van der Waals surface area contributed by atoms with E-state index in [1.165, 1.54) is 14.0 Å². The van der Waals surface area contributed by atoms with E-state index in [2.05, 4.69) is 5.32 Å². The molecule has 3 N–H and O–H groups in total. The maximum absolute atomic E-state index is 11.7. The summed E-state index contributed by atoms with van der Waals surface area (Å²) < 4.78 is 10.3. The highest BCUT2D eigenvalue weighted by Crippen LogP contribution is 2.18. The number of ether oxygens (including phenoxy) is 2. The fourth-order valence-corrected chi connectivity index (χ4v) is 1.39. The molecule has 0 saturated carbocycles. The third kappa shape index (κ3) is 4.43. The molecule has 2 atom stereocenters. The zero-order valence-corrected chi connectivity index (χ0v) is 11.2. The van der Waals surface area contributed by atoms with Gasteiger partial charge in [-0.1, -0.05) is 0 Å². The van der Waals surface area contributed by atoms with Crippen molar-refractivity contribution in [1.29, 1.82) is 0 Å². The Kier molecular flexibility index (Phi) is 5.79. The van der Waals surface area contributed by atoms with Crippen LogP contribution in [0.1, 0.15) is 6.92 Å². The number of aliphatic carboxylic acids is 1. The number of carboxylic acids is 1. The maximum atomic E-state index is 11.7. The van der Waals surface area contributed by atoms with E-state index in [0.717, 1.165) is 0 Å². The van der Waals surface area contributed by atoms with E-state index >= 15 is 0 Å². The van der Waals surface area contributed by atoms with Crippen LogP contribution < -0.4 is 14.8 Å². The minimum atomic E-state index is -1.34. The van der Waals surface area contributed by atoms with Gasteiger partial charge in [0.05, 0.1) is 13.7 Å². The predicted octanol–water partition coefficient (Wildman–Crippen LogP) is 0.0242. The van der Waals surface area contributed by atoms with Crippen LogP contribution in [0, 0.1) is 0 Å². The van der Waals surface area contributed by atoms with Crippen LogP contribution >= 0.6 is 0 Å². The summed E-state index contributed by atoms with van der Waals surface area (Å²) in [5.74, 6) is -0.829. The Labute approximate surface area is 116 Å². The normalized spacial score (nSPS) is 13.2. The van der Waals surface area contributed by atoms with Crippen LogP contribution in [-0.2, 0) is 9.59 Å². The maximum Gasteiger partial charge on any atom is 0.328 e. The molecule has 0 aliphatic heterocycles. The van der Waals surface area contributed by atoms with Gasteiger partial charge >= 0.3 is 5.97 Å². The summed E-state index contributed by atoms with van der Waals surface area (Å²) in [6.45, 7) is 0.798. The van der Waals surface area contributed by atoms with E-state index in [1.807, 2.05) is 0 Å². The Morgan fingerprint density at radius 2 is 1.80 bits per heavy atom. The highest BCUT2D eigenvalue weighted by atomic mass is 16.5. The summed E-state index contributed by atoms with van der Waals surface area (Å²) in [4.78, 5) is 22.4. The Hall–Kier alpha value is -2.28. The molecule has 7 heteroatoms. The van der Waals surface area contributed by atoms with Crippen LogP contribution in [0.4, 0.5) is 0 Å². The molecule has 1 aromatic rings. The molecule has 0 aliphatic carbocycles. The van der Waals surface area contributed by atoms with E-state index < -0.39 is 30.6 Å². The van der Waals surface area contributed by atoms with E-state index in [0.29, 0.717) is 11.5 Å². The lowest BCUT2D eigenvalue weighted by atomic mass is 10.2. The van der Waals surface area contributed by atoms with Crippen LogP contribution in [-0.4, -0.2) is 48.0 Å². The Bertz CT molecular complexity index is 458. The van der Waals surface area contributed by atoms with Crippen molar-refractivity contribution < 1.29 is 29.3 Å². The molecule has 0 aromatic heterocycles.